The molecular weight excluding hydrogens is 214 g/mol. The first kappa shape index (κ1) is 11.4. The summed E-state index contributed by atoms with van der Waals surface area (Å²) in [7, 11) is 0. The number of nitriles is 1. The maximum atomic E-state index is 12.2. The maximum absolute atomic E-state index is 12.2. The second-order valence-electron chi connectivity index (χ2n) is 4.36. The molecule has 0 radical (unpaired) electrons. The summed E-state index contributed by atoms with van der Waals surface area (Å²) in [5, 5.41) is 9.81. The van der Waals surface area contributed by atoms with Crippen molar-refractivity contribution < 1.29 is 9.21 Å². The molecule has 0 aliphatic heterocycles. The van der Waals surface area contributed by atoms with Crippen molar-refractivity contribution in [2.75, 3.05) is 0 Å². The van der Waals surface area contributed by atoms with Crippen LogP contribution in [0.2, 0.25) is 0 Å². The molecule has 0 amide bonds. The number of hydrogen-bond acceptors (Lipinski definition) is 3. The van der Waals surface area contributed by atoms with Gasteiger partial charge in [0.2, 0.25) is 0 Å². The Hall–Kier alpha value is -2.08. The summed E-state index contributed by atoms with van der Waals surface area (Å²) < 4.78 is 5.31. The third kappa shape index (κ3) is 1.94. The van der Waals surface area contributed by atoms with Crippen LogP contribution < -0.4 is 0 Å². The van der Waals surface area contributed by atoms with Crippen molar-refractivity contribution in [2.45, 2.75) is 13.8 Å². The Kier molecular flexibility index (Phi) is 2.97. The highest BCUT2D eigenvalue weighted by atomic mass is 16.3. The van der Waals surface area contributed by atoms with Gasteiger partial charge in [0.25, 0.3) is 0 Å². The van der Waals surface area contributed by atoms with Crippen LogP contribution in [0.15, 0.2) is 34.9 Å². The highest BCUT2D eigenvalue weighted by Gasteiger charge is 2.25. The van der Waals surface area contributed by atoms with E-state index in [-0.39, 0.29) is 11.7 Å². The average molecular weight is 227 g/mol. The van der Waals surface area contributed by atoms with Gasteiger partial charge in [-0.05, 0) is 12.0 Å². The number of carbonyl (C=O) groups excluding carboxylic acids is 1. The van der Waals surface area contributed by atoms with Gasteiger partial charge in [0.1, 0.15) is 17.8 Å². The molecule has 0 N–H and O–H groups in total. The number of hydrogen-bond donors (Lipinski definition) is 0. The summed E-state index contributed by atoms with van der Waals surface area (Å²) in [6.07, 6.45) is 1.44. The molecule has 0 saturated carbocycles. The lowest BCUT2D eigenvalue weighted by Gasteiger charge is -2.10. The molecule has 1 heterocycles. The molecule has 2 aromatic rings. The Bertz CT molecular complexity index is 590. The van der Waals surface area contributed by atoms with E-state index in [1.807, 2.05) is 38.1 Å². The fourth-order valence-electron chi connectivity index (χ4n) is 1.85. The number of carbonyl (C=O) groups is 1. The number of rotatable bonds is 3. The van der Waals surface area contributed by atoms with E-state index in [0.29, 0.717) is 11.1 Å². The highest BCUT2D eigenvalue weighted by molar-refractivity contribution is 6.09. The summed E-state index contributed by atoms with van der Waals surface area (Å²) >= 11 is 0. The molecule has 3 heteroatoms. The Morgan fingerprint density at radius 1 is 1.35 bits per heavy atom. The Labute approximate surface area is 99.7 Å². The summed E-state index contributed by atoms with van der Waals surface area (Å²) in [6.45, 7) is 3.74. The van der Waals surface area contributed by atoms with Crippen LogP contribution in [0.5, 0.6) is 0 Å². The van der Waals surface area contributed by atoms with Crippen LogP contribution in [0.3, 0.4) is 0 Å². The van der Waals surface area contributed by atoms with Crippen LogP contribution in [0.25, 0.3) is 11.0 Å². The molecule has 1 aromatic heterocycles. The second-order valence-corrected chi connectivity index (χ2v) is 4.36. The van der Waals surface area contributed by atoms with E-state index in [2.05, 4.69) is 6.07 Å². The minimum atomic E-state index is -0.615. The van der Waals surface area contributed by atoms with Crippen molar-refractivity contribution in [1.29, 1.82) is 5.26 Å². The van der Waals surface area contributed by atoms with Crippen molar-refractivity contribution >= 4 is 16.8 Å². The minimum absolute atomic E-state index is 0.00108. The predicted molar refractivity (Wildman–Crippen MR) is 64.5 cm³/mol. The van der Waals surface area contributed by atoms with Crippen molar-refractivity contribution in [2.24, 2.45) is 11.8 Å². The fourth-order valence-corrected chi connectivity index (χ4v) is 1.85. The molecule has 1 aromatic carbocycles. The Balaban J connectivity index is 2.47. The van der Waals surface area contributed by atoms with E-state index in [9.17, 15) is 4.79 Å². The molecule has 1 atom stereocenters. The average Bonchev–Trinajstić information content (AvgIpc) is 2.72. The number of benzene rings is 1. The van der Waals surface area contributed by atoms with Gasteiger partial charge in [0.05, 0.1) is 11.6 Å². The number of ketones is 1. The first-order chi connectivity index (χ1) is 8.15. The molecule has 0 saturated heterocycles. The Morgan fingerprint density at radius 3 is 2.71 bits per heavy atom. The van der Waals surface area contributed by atoms with Gasteiger partial charge < -0.3 is 4.42 Å². The van der Waals surface area contributed by atoms with Gasteiger partial charge in [0, 0.05) is 5.39 Å². The molecule has 17 heavy (non-hydrogen) atoms. The molecule has 1 unspecified atom stereocenters. The van der Waals surface area contributed by atoms with E-state index in [0.717, 1.165) is 5.39 Å². The van der Waals surface area contributed by atoms with Gasteiger partial charge in [-0.25, -0.2) is 0 Å². The second kappa shape index (κ2) is 4.42. The molecule has 2 rings (SSSR count). The number of nitrogens with zero attached hydrogens (tertiary/aromatic N) is 1. The van der Waals surface area contributed by atoms with Crippen LogP contribution >= 0.6 is 0 Å². The molecule has 0 bridgehead atoms. The van der Waals surface area contributed by atoms with E-state index in [1.54, 1.807) is 0 Å². The van der Waals surface area contributed by atoms with Gasteiger partial charge >= 0.3 is 0 Å². The zero-order valence-corrected chi connectivity index (χ0v) is 9.81. The van der Waals surface area contributed by atoms with Crippen LogP contribution in [-0.4, -0.2) is 5.78 Å². The van der Waals surface area contributed by atoms with Gasteiger partial charge in [-0.2, -0.15) is 5.26 Å². The lowest BCUT2D eigenvalue weighted by Crippen LogP contribution is -2.18. The van der Waals surface area contributed by atoms with Gasteiger partial charge in [-0.1, -0.05) is 32.0 Å². The molecule has 0 spiro atoms. The van der Waals surface area contributed by atoms with Gasteiger partial charge in [-0.15, -0.1) is 0 Å². The summed E-state index contributed by atoms with van der Waals surface area (Å²) in [6, 6.07) is 9.41. The smallest absolute Gasteiger partial charge is 0.184 e. The van der Waals surface area contributed by atoms with Crippen LogP contribution in [0.4, 0.5) is 0 Å². The third-order valence-electron chi connectivity index (χ3n) is 2.83. The Morgan fingerprint density at radius 2 is 2.06 bits per heavy atom. The summed E-state index contributed by atoms with van der Waals surface area (Å²) in [4.78, 5) is 12.2. The summed E-state index contributed by atoms with van der Waals surface area (Å²) in [5.74, 6) is -0.774. The van der Waals surface area contributed by atoms with E-state index < -0.39 is 5.92 Å². The molecule has 0 aliphatic rings. The van der Waals surface area contributed by atoms with E-state index >= 15 is 0 Å². The zero-order chi connectivity index (χ0) is 12.4. The largest absolute Gasteiger partial charge is 0.464 e. The number of Topliss-reactive ketones (excluding diaryl/α,β-unsaturated/α-hetero) is 1. The minimum Gasteiger partial charge on any atom is -0.464 e. The number of furan rings is 1. The van der Waals surface area contributed by atoms with Crippen LogP contribution in [0, 0.1) is 23.2 Å². The van der Waals surface area contributed by atoms with Crippen molar-refractivity contribution in [3.8, 4) is 6.07 Å². The highest BCUT2D eigenvalue weighted by Crippen LogP contribution is 2.25. The first-order valence-electron chi connectivity index (χ1n) is 5.55. The predicted octanol–water partition coefficient (Wildman–Crippen LogP) is 3.41. The first-order valence-corrected chi connectivity index (χ1v) is 5.55. The molecular formula is C14H13NO2. The summed E-state index contributed by atoms with van der Waals surface area (Å²) in [5.41, 5.74) is 1.18. The van der Waals surface area contributed by atoms with Gasteiger partial charge in [0.15, 0.2) is 5.78 Å². The van der Waals surface area contributed by atoms with Crippen molar-refractivity contribution in [1.82, 2.24) is 0 Å². The third-order valence-corrected chi connectivity index (χ3v) is 2.83. The van der Waals surface area contributed by atoms with E-state index in [1.165, 1.54) is 6.26 Å². The standard InChI is InChI=1S/C14H13NO2/c1-9(2)11(7-15)14(16)12-8-17-13-6-4-3-5-10(12)13/h3-6,8-9,11H,1-2H3. The maximum Gasteiger partial charge on any atom is 0.184 e. The fraction of sp³-hybridized carbons (Fsp3) is 0.286. The molecule has 86 valence electrons. The van der Waals surface area contributed by atoms with Crippen LogP contribution in [-0.2, 0) is 0 Å². The normalized spacial score (nSPS) is 12.6. The van der Waals surface area contributed by atoms with Gasteiger partial charge in [-0.3, -0.25) is 4.79 Å². The quantitative estimate of drug-likeness (QED) is 0.755. The zero-order valence-electron chi connectivity index (χ0n) is 9.81. The number of fused-ring (bicyclic) bond motifs is 1. The molecule has 3 nitrogen and oxygen atoms in total. The monoisotopic (exact) mass is 227 g/mol. The lowest BCUT2D eigenvalue weighted by molar-refractivity contribution is 0.0925. The lowest BCUT2D eigenvalue weighted by atomic mass is 9.89. The topological polar surface area (TPSA) is 54.0 Å². The van der Waals surface area contributed by atoms with Crippen molar-refractivity contribution in [3.63, 3.8) is 0 Å². The van der Waals surface area contributed by atoms with Crippen LogP contribution in [0.1, 0.15) is 24.2 Å². The molecule has 0 aliphatic carbocycles. The SMILES string of the molecule is CC(C)C(C#N)C(=O)c1coc2ccccc12. The number of para-hydroxylation sites is 1. The van der Waals surface area contributed by atoms with Crippen molar-refractivity contribution in [3.05, 3.63) is 36.1 Å². The molecule has 0 fully saturated rings. The van der Waals surface area contributed by atoms with E-state index in [4.69, 9.17) is 9.68 Å².